The zero-order valence-corrected chi connectivity index (χ0v) is 47.9. The van der Waals surface area contributed by atoms with Crippen molar-refractivity contribution in [3.8, 4) is 0 Å². The molecule has 0 aliphatic heterocycles. The first-order valence-electron chi connectivity index (χ1n) is 18.9. The van der Waals surface area contributed by atoms with Gasteiger partial charge in [0.2, 0.25) is 0 Å². The molecule has 10 N–H and O–H groups in total. The first-order valence-corrected chi connectivity index (χ1v) is 25.3. The number of aliphatic hydroxyl groups is 8. The fraction of sp³-hybridized carbons (Fsp3) is 0.514. The Balaban J connectivity index is 2.36. The molecule has 22 nitrogen and oxygen atoms in total. The maximum Gasteiger partial charge on any atom is 0.411 e. The number of likely N-dealkylation sites (N-methyl/N-ethyl adjacent to an activating group) is 4. The Kier molecular flexibility index (Phi) is 26.4. The zero-order chi connectivity index (χ0) is 49.6. The molecule has 0 saturated heterocycles. The second-order valence-electron chi connectivity index (χ2n) is 14.1. The standard InChI is InChI=1S/C37H48I6N6O16/c1-46(8-16(54)12-50)32(58)20-24(38)21(33(59)47(2)9-17(55)13-51)27(41)30(26(20)40)44-36(62)64-6-5-7-65-37(63)45-31-28(42)22(34(60)48(3)10-18(56)14-52)25(39)23(29(31)43)35(61)49(4)11-19(57)15-53/h16-19,50-57H,5-15H2,1-4H3,(H,44,62)(H,45,63). The van der Waals surface area contributed by atoms with Gasteiger partial charge in [0, 0.05) is 67.9 Å². The third-order valence-electron chi connectivity index (χ3n) is 8.87. The minimum absolute atomic E-state index is 0.0149. The molecule has 4 unspecified atom stereocenters. The summed E-state index contributed by atoms with van der Waals surface area (Å²) in [6.07, 6.45) is -7.12. The molecule has 0 aliphatic rings. The second-order valence-corrected chi connectivity index (χ2v) is 20.6. The maximum atomic E-state index is 13.7. The summed E-state index contributed by atoms with van der Waals surface area (Å²) in [4.78, 5) is 85.8. The normalized spacial score (nSPS) is 13.0. The SMILES string of the molecule is CN(CC(O)CO)C(=O)c1c(I)c(NC(=O)OCCCOC(=O)Nc2c(I)c(C(=O)N(C)CC(O)CO)c(I)c(C(=O)N(C)CC(O)CO)c2I)c(I)c(C(=O)N(C)CC(O)CO)c1I. The average Bonchev–Trinajstić information content (AvgIpc) is 3.25. The van der Waals surface area contributed by atoms with Crippen LogP contribution in [0.25, 0.3) is 0 Å². The number of rotatable bonds is 22. The van der Waals surface area contributed by atoms with E-state index >= 15 is 0 Å². The summed E-state index contributed by atoms with van der Waals surface area (Å²) in [5.41, 5.74) is -0.0132. The van der Waals surface area contributed by atoms with Crippen molar-refractivity contribution in [2.24, 2.45) is 0 Å². The van der Waals surface area contributed by atoms with Gasteiger partial charge in [0.25, 0.3) is 23.6 Å². The number of amides is 6. The molecule has 6 amide bonds. The van der Waals surface area contributed by atoms with Crippen molar-refractivity contribution in [3.63, 3.8) is 0 Å². The van der Waals surface area contributed by atoms with E-state index in [4.69, 9.17) is 9.47 Å². The highest BCUT2D eigenvalue weighted by Crippen LogP contribution is 2.38. The number of carbonyl (C=O) groups excluding carboxylic acids is 6. The minimum atomic E-state index is -1.26. The highest BCUT2D eigenvalue weighted by atomic mass is 127. The molecule has 0 aromatic heterocycles. The molecule has 28 heteroatoms. The monoisotopic (exact) mass is 1590 g/mol. The van der Waals surface area contributed by atoms with E-state index in [1.807, 2.05) is 136 Å². The van der Waals surface area contributed by atoms with E-state index in [1.165, 1.54) is 28.2 Å². The number of hydrogen-bond donors (Lipinski definition) is 10. The van der Waals surface area contributed by atoms with Crippen LogP contribution in [-0.2, 0) is 9.47 Å². The fourth-order valence-electron chi connectivity index (χ4n) is 5.55. The van der Waals surface area contributed by atoms with E-state index in [0.29, 0.717) is 0 Å². The van der Waals surface area contributed by atoms with Crippen LogP contribution in [0.5, 0.6) is 0 Å². The molecule has 2 aromatic carbocycles. The first-order chi connectivity index (χ1) is 30.4. The highest BCUT2D eigenvalue weighted by Gasteiger charge is 2.34. The molecule has 0 bridgehead atoms. The van der Waals surface area contributed by atoms with Crippen LogP contribution in [0, 0.1) is 21.4 Å². The van der Waals surface area contributed by atoms with Gasteiger partial charge in [-0.15, -0.1) is 0 Å². The van der Waals surface area contributed by atoms with Gasteiger partial charge in [-0.05, 0) is 136 Å². The van der Waals surface area contributed by atoms with Crippen molar-refractivity contribution in [1.29, 1.82) is 0 Å². The lowest BCUT2D eigenvalue weighted by molar-refractivity contribution is 0.0510. The van der Waals surface area contributed by atoms with Crippen LogP contribution < -0.4 is 10.6 Å². The van der Waals surface area contributed by atoms with Crippen LogP contribution in [-0.4, -0.2) is 215 Å². The minimum Gasteiger partial charge on any atom is -0.449 e. The molecule has 0 heterocycles. The van der Waals surface area contributed by atoms with Gasteiger partial charge in [0.05, 0.1) is 112 Å². The summed E-state index contributed by atoms with van der Waals surface area (Å²) in [6, 6.07) is 0. The summed E-state index contributed by atoms with van der Waals surface area (Å²) in [6.45, 7) is -4.15. The van der Waals surface area contributed by atoms with E-state index in [2.05, 4.69) is 10.6 Å². The Hall–Kier alpha value is -1.08. The van der Waals surface area contributed by atoms with Crippen molar-refractivity contribution < 1.29 is 79.1 Å². The number of hydrogen-bond acceptors (Lipinski definition) is 16. The van der Waals surface area contributed by atoms with Gasteiger partial charge >= 0.3 is 12.2 Å². The molecule has 65 heavy (non-hydrogen) atoms. The van der Waals surface area contributed by atoms with Crippen molar-refractivity contribution >= 4 is 183 Å². The largest absolute Gasteiger partial charge is 0.449 e. The highest BCUT2D eigenvalue weighted by molar-refractivity contribution is 14.1. The van der Waals surface area contributed by atoms with Gasteiger partial charge in [-0.2, -0.15) is 0 Å². The van der Waals surface area contributed by atoms with Crippen molar-refractivity contribution in [2.75, 3.05) is 105 Å². The van der Waals surface area contributed by atoms with Crippen LogP contribution in [0.15, 0.2) is 0 Å². The smallest absolute Gasteiger partial charge is 0.411 e. The van der Waals surface area contributed by atoms with Crippen molar-refractivity contribution in [3.05, 3.63) is 43.7 Å². The van der Waals surface area contributed by atoms with E-state index < -0.39 is 86.7 Å². The summed E-state index contributed by atoms with van der Waals surface area (Å²) in [5.74, 6) is -2.62. The Labute approximate surface area is 455 Å². The predicted molar refractivity (Wildman–Crippen MR) is 284 cm³/mol. The third-order valence-corrected chi connectivity index (χ3v) is 15.3. The molecule has 2 aromatic rings. The number of nitrogens with one attached hydrogen (secondary N) is 2. The van der Waals surface area contributed by atoms with Crippen LogP contribution in [0.4, 0.5) is 21.0 Å². The fourth-order valence-corrected chi connectivity index (χ4v) is 14.3. The summed E-state index contributed by atoms with van der Waals surface area (Å²) in [7, 11) is 5.50. The summed E-state index contributed by atoms with van der Waals surface area (Å²) in [5, 5.41) is 82.4. The lowest BCUT2D eigenvalue weighted by Gasteiger charge is -2.26. The Bertz CT molecular complexity index is 1820. The van der Waals surface area contributed by atoms with E-state index in [1.54, 1.807) is 0 Å². The lowest BCUT2D eigenvalue weighted by Crippen LogP contribution is -2.39. The van der Waals surface area contributed by atoms with Crippen LogP contribution in [0.2, 0.25) is 0 Å². The van der Waals surface area contributed by atoms with Gasteiger partial charge in [0.1, 0.15) is 0 Å². The Morgan fingerprint density at radius 2 is 0.662 bits per heavy atom. The molecule has 0 radical (unpaired) electrons. The van der Waals surface area contributed by atoms with Gasteiger partial charge in [0.15, 0.2) is 0 Å². The molecule has 0 aliphatic carbocycles. The summed E-state index contributed by atoms with van der Waals surface area (Å²) < 4.78 is 11.9. The van der Waals surface area contributed by atoms with E-state index in [-0.39, 0.29) is 101 Å². The number of benzene rings is 2. The van der Waals surface area contributed by atoms with Gasteiger partial charge in [-0.25, -0.2) is 9.59 Å². The molecule has 0 spiro atoms. The van der Waals surface area contributed by atoms with Crippen molar-refractivity contribution in [2.45, 2.75) is 30.8 Å². The molecule has 364 valence electrons. The molecule has 0 fully saturated rings. The van der Waals surface area contributed by atoms with Gasteiger partial charge in [-0.1, -0.05) is 0 Å². The third kappa shape index (κ3) is 16.5. The predicted octanol–water partition coefficient (Wildman–Crippen LogP) is 1.20. The zero-order valence-electron chi connectivity index (χ0n) is 35.0. The number of ether oxygens (including phenoxy) is 2. The molecule has 2 rings (SSSR count). The van der Waals surface area contributed by atoms with Crippen molar-refractivity contribution in [1.82, 2.24) is 19.6 Å². The molecular weight excluding hydrogens is 1550 g/mol. The number of carbonyl (C=O) groups is 6. The van der Waals surface area contributed by atoms with Gasteiger partial charge in [-0.3, -0.25) is 29.8 Å². The summed E-state index contributed by atoms with van der Waals surface area (Å²) >= 11 is 10.9. The Morgan fingerprint density at radius 3 is 0.862 bits per heavy atom. The lowest BCUT2D eigenvalue weighted by atomic mass is 10.1. The number of halogens is 6. The van der Waals surface area contributed by atoms with Crippen LogP contribution in [0.1, 0.15) is 47.9 Å². The van der Waals surface area contributed by atoms with E-state index in [0.717, 1.165) is 19.6 Å². The van der Waals surface area contributed by atoms with E-state index in [9.17, 15) is 69.6 Å². The molecule has 0 saturated carbocycles. The first kappa shape index (κ1) is 60.0. The Morgan fingerprint density at radius 1 is 0.446 bits per heavy atom. The number of anilines is 2. The van der Waals surface area contributed by atoms with Crippen LogP contribution >= 0.6 is 136 Å². The quantitative estimate of drug-likeness (QED) is 0.0585. The molecule has 4 atom stereocenters. The topological polar surface area (TPSA) is 320 Å². The number of nitrogens with zero attached hydrogens (tertiary/aromatic N) is 4. The molecular formula is C37H48I6N6O16. The number of aliphatic hydroxyl groups excluding tert-OH is 8. The maximum absolute atomic E-state index is 13.7. The second kappa shape index (κ2) is 28.6. The van der Waals surface area contributed by atoms with Gasteiger partial charge < -0.3 is 69.9 Å². The average molecular weight is 1590 g/mol. The van der Waals surface area contributed by atoms with Crippen LogP contribution in [0.3, 0.4) is 0 Å².